The Labute approximate surface area is 70.8 Å². The third kappa shape index (κ3) is 1.06. The number of aromatic amines is 1. The number of imidazole rings is 1. The lowest BCUT2D eigenvalue weighted by Crippen LogP contribution is -2.07. The first-order chi connectivity index (χ1) is 6.18. The van der Waals surface area contributed by atoms with E-state index in [1.807, 2.05) is 0 Å². The Morgan fingerprint density at radius 2 is 2.38 bits per heavy atom. The van der Waals surface area contributed by atoms with E-state index in [1.165, 1.54) is 23.0 Å². The number of nitrogens with one attached hydrogen (secondary N) is 1. The number of rotatable bonds is 1. The van der Waals surface area contributed by atoms with E-state index >= 15 is 0 Å². The number of fused-ring (bicyclic) bond motifs is 1. The minimum atomic E-state index is -0.646. The van der Waals surface area contributed by atoms with Crippen LogP contribution in [-0.2, 0) is 0 Å². The van der Waals surface area contributed by atoms with Crippen LogP contribution in [0.15, 0.2) is 23.4 Å². The lowest BCUT2D eigenvalue weighted by atomic mass is 10.7. The highest BCUT2D eigenvalue weighted by atomic mass is 16.6. The average molecular weight is 180 g/mol. The first-order valence-electron chi connectivity index (χ1n) is 3.39. The maximum Gasteiger partial charge on any atom is 0.382 e. The summed E-state index contributed by atoms with van der Waals surface area (Å²) in [6.07, 6.45) is 4.06. The third-order valence-corrected chi connectivity index (χ3v) is 1.56. The molecule has 0 fully saturated rings. The number of H-pyrrole nitrogens is 1. The standard InChI is InChI=1S/C6H4N4O3/c11-6-5-8-4(10(12)13)3-9(5)2-1-7-6/h1-3H,(H,7,11). The van der Waals surface area contributed by atoms with Crippen LogP contribution in [0.2, 0.25) is 0 Å². The Hall–Kier alpha value is -2.18. The molecule has 0 spiro atoms. The van der Waals surface area contributed by atoms with Gasteiger partial charge in [-0.2, -0.15) is 0 Å². The molecule has 13 heavy (non-hydrogen) atoms. The zero-order valence-corrected chi connectivity index (χ0v) is 6.30. The van der Waals surface area contributed by atoms with Gasteiger partial charge in [0.2, 0.25) is 0 Å². The predicted molar refractivity (Wildman–Crippen MR) is 42.5 cm³/mol. The molecule has 2 rings (SSSR count). The van der Waals surface area contributed by atoms with Crippen LogP contribution < -0.4 is 5.56 Å². The molecule has 7 nitrogen and oxygen atoms in total. The van der Waals surface area contributed by atoms with Crippen LogP contribution in [-0.4, -0.2) is 19.3 Å². The van der Waals surface area contributed by atoms with Gasteiger partial charge in [-0.05, 0) is 9.91 Å². The molecule has 0 atom stereocenters. The fraction of sp³-hybridized carbons (Fsp3) is 0. The minimum absolute atomic E-state index is 0.0224. The Kier molecular flexibility index (Phi) is 1.38. The van der Waals surface area contributed by atoms with E-state index < -0.39 is 10.5 Å². The zero-order chi connectivity index (χ0) is 9.42. The van der Waals surface area contributed by atoms with E-state index in [2.05, 4.69) is 9.97 Å². The van der Waals surface area contributed by atoms with Crippen molar-refractivity contribution in [2.45, 2.75) is 0 Å². The molecule has 0 radical (unpaired) electrons. The van der Waals surface area contributed by atoms with Gasteiger partial charge in [-0.15, -0.1) is 0 Å². The average Bonchev–Trinajstić information content (AvgIpc) is 2.49. The lowest BCUT2D eigenvalue weighted by Gasteiger charge is -1.83. The summed E-state index contributed by atoms with van der Waals surface area (Å²) in [6.45, 7) is 0. The molecular formula is C6H4N4O3. The fourth-order valence-electron chi connectivity index (χ4n) is 1.01. The molecule has 1 N–H and O–H groups in total. The van der Waals surface area contributed by atoms with Crippen molar-refractivity contribution in [1.29, 1.82) is 0 Å². The van der Waals surface area contributed by atoms with Crippen molar-refractivity contribution in [2.24, 2.45) is 0 Å². The van der Waals surface area contributed by atoms with Crippen LogP contribution in [0, 0.1) is 10.1 Å². The fourth-order valence-corrected chi connectivity index (χ4v) is 1.01. The van der Waals surface area contributed by atoms with Crippen molar-refractivity contribution in [3.63, 3.8) is 0 Å². The Bertz CT molecular complexity index is 526. The Morgan fingerprint density at radius 1 is 1.62 bits per heavy atom. The normalized spacial score (nSPS) is 10.5. The maximum atomic E-state index is 11.1. The van der Waals surface area contributed by atoms with Crippen molar-refractivity contribution >= 4 is 11.5 Å². The highest BCUT2D eigenvalue weighted by Gasteiger charge is 2.14. The van der Waals surface area contributed by atoms with Gasteiger partial charge < -0.3 is 15.1 Å². The SMILES string of the molecule is O=c1[nH]ccn2cc([N+](=O)[O-])nc12. The largest absolute Gasteiger partial charge is 0.382 e. The summed E-state index contributed by atoms with van der Waals surface area (Å²) in [6, 6.07) is 0. The second-order valence-electron chi connectivity index (χ2n) is 2.38. The van der Waals surface area contributed by atoms with Crippen LogP contribution in [0.5, 0.6) is 0 Å². The summed E-state index contributed by atoms with van der Waals surface area (Å²) in [5.74, 6) is -0.336. The topological polar surface area (TPSA) is 93.3 Å². The van der Waals surface area contributed by atoms with Crippen molar-refractivity contribution in [3.05, 3.63) is 39.1 Å². The smallest absolute Gasteiger partial charge is 0.358 e. The second-order valence-corrected chi connectivity index (χ2v) is 2.38. The molecule has 7 heteroatoms. The molecule has 0 aliphatic heterocycles. The lowest BCUT2D eigenvalue weighted by molar-refractivity contribution is -0.389. The summed E-state index contributed by atoms with van der Waals surface area (Å²) >= 11 is 0. The van der Waals surface area contributed by atoms with Gasteiger partial charge in [0.25, 0.3) is 0 Å². The van der Waals surface area contributed by atoms with E-state index in [9.17, 15) is 14.9 Å². The molecule has 0 aromatic carbocycles. The number of hydrogen-bond donors (Lipinski definition) is 1. The Morgan fingerprint density at radius 3 is 3.00 bits per heavy atom. The molecule has 66 valence electrons. The Balaban J connectivity index is 2.83. The van der Waals surface area contributed by atoms with Gasteiger partial charge in [0.15, 0.2) is 0 Å². The quantitative estimate of drug-likeness (QED) is 0.491. The highest BCUT2D eigenvalue weighted by Crippen LogP contribution is 2.07. The molecule has 0 saturated heterocycles. The van der Waals surface area contributed by atoms with Crippen LogP contribution in [0.25, 0.3) is 5.65 Å². The summed E-state index contributed by atoms with van der Waals surface area (Å²) in [4.78, 5) is 26.6. The second kappa shape index (κ2) is 2.41. The number of nitro groups is 1. The van der Waals surface area contributed by atoms with E-state index in [0.717, 1.165) is 0 Å². The molecule has 0 unspecified atom stereocenters. The van der Waals surface area contributed by atoms with Gasteiger partial charge in [0.05, 0.1) is 0 Å². The van der Waals surface area contributed by atoms with Crippen LogP contribution in [0.1, 0.15) is 0 Å². The van der Waals surface area contributed by atoms with Crippen LogP contribution in [0.3, 0.4) is 0 Å². The molecule has 0 bridgehead atoms. The molecule has 2 aromatic rings. The predicted octanol–water partition coefficient (Wildman–Crippen LogP) is -0.0692. The van der Waals surface area contributed by atoms with Gasteiger partial charge >= 0.3 is 17.0 Å². The van der Waals surface area contributed by atoms with Crippen LogP contribution in [0.4, 0.5) is 5.82 Å². The van der Waals surface area contributed by atoms with Crippen LogP contribution >= 0.6 is 0 Å². The van der Waals surface area contributed by atoms with Gasteiger partial charge in [0.1, 0.15) is 6.20 Å². The monoisotopic (exact) mass is 180 g/mol. The summed E-state index contributed by atoms with van der Waals surface area (Å²) in [7, 11) is 0. The molecule has 2 heterocycles. The zero-order valence-electron chi connectivity index (χ0n) is 6.30. The molecule has 2 aromatic heterocycles. The molecule has 0 aliphatic carbocycles. The molecule has 0 aliphatic rings. The van der Waals surface area contributed by atoms with Crippen molar-refractivity contribution in [1.82, 2.24) is 14.4 Å². The molecule has 0 amide bonds. The van der Waals surface area contributed by atoms with Gasteiger partial charge in [-0.25, -0.2) is 0 Å². The van der Waals surface area contributed by atoms with E-state index in [0.29, 0.717) is 0 Å². The number of aromatic nitrogens is 3. The van der Waals surface area contributed by atoms with Gasteiger partial charge in [0, 0.05) is 12.4 Å². The number of hydrogen-bond acceptors (Lipinski definition) is 4. The highest BCUT2D eigenvalue weighted by molar-refractivity contribution is 5.40. The maximum absolute atomic E-state index is 11.1. The minimum Gasteiger partial charge on any atom is -0.358 e. The van der Waals surface area contributed by atoms with Crippen molar-refractivity contribution in [3.8, 4) is 0 Å². The summed E-state index contributed by atoms with van der Waals surface area (Å²) in [5, 5.41) is 10.3. The first kappa shape index (κ1) is 7.47. The van der Waals surface area contributed by atoms with E-state index in [4.69, 9.17) is 0 Å². The van der Waals surface area contributed by atoms with Gasteiger partial charge in [-0.3, -0.25) is 9.20 Å². The molecular weight excluding hydrogens is 176 g/mol. The van der Waals surface area contributed by atoms with E-state index in [-0.39, 0.29) is 11.5 Å². The van der Waals surface area contributed by atoms with Gasteiger partial charge in [-0.1, -0.05) is 0 Å². The van der Waals surface area contributed by atoms with E-state index in [1.54, 1.807) is 0 Å². The third-order valence-electron chi connectivity index (χ3n) is 1.56. The summed E-state index contributed by atoms with van der Waals surface area (Å²) < 4.78 is 1.30. The van der Waals surface area contributed by atoms with Crippen molar-refractivity contribution in [2.75, 3.05) is 0 Å². The summed E-state index contributed by atoms with van der Waals surface area (Å²) in [5.41, 5.74) is -0.426. The number of nitrogens with zero attached hydrogens (tertiary/aromatic N) is 3. The first-order valence-corrected chi connectivity index (χ1v) is 3.39. The molecule has 0 saturated carbocycles. The van der Waals surface area contributed by atoms with Crippen molar-refractivity contribution < 1.29 is 4.92 Å².